The number of anilines is 1. The molecule has 2 atom stereocenters. The summed E-state index contributed by atoms with van der Waals surface area (Å²) in [5.74, 6) is 1.97. The molecule has 5 rings (SSSR count). The highest BCUT2D eigenvalue weighted by Crippen LogP contribution is 2.40. The van der Waals surface area contributed by atoms with Crippen molar-refractivity contribution in [2.24, 2.45) is 0 Å². The summed E-state index contributed by atoms with van der Waals surface area (Å²) in [6.45, 7) is 0.398. The minimum Gasteiger partial charge on any atom is -0.495 e. The molecule has 1 aliphatic heterocycles. The van der Waals surface area contributed by atoms with Crippen LogP contribution in [0, 0.1) is 0 Å². The van der Waals surface area contributed by atoms with Gasteiger partial charge < -0.3 is 24.7 Å². The Balaban J connectivity index is 1.39. The van der Waals surface area contributed by atoms with Gasteiger partial charge in [0.05, 0.1) is 24.5 Å². The zero-order valence-electron chi connectivity index (χ0n) is 20.1. The minimum atomic E-state index is -0.273. The van der Waals surface area contributed by atoms with Crippen LogP contribution in [0.25, 0.3) is 11.3 Å². The molecule has 188 valence electrons. The summed E-state index contributed by atoms with van der Waals surface area (Å²) >= 11 is 9.20. The average molecular weight is 578 g/mol. The van der Waals surface area contributed by atoms with E-state index in [0.29, 0.717) is 23.1 Å². The van der Waals surface area contributed by atoms with Crippen molar-refractivity contribution in [3.8, 4) is 17.1 Å². The number of benzene rings is 2. The van der Waals surface area contributed by atoms with Crippen LogP contribution in [0.15, 0.2) is 93.9 Å². The maximum Gasteiger partial charge on any atom is 0.226 e. The molecule has 0 bridgehead atoms. The zero-order valence-corrected chi connectivity index (χ0v) is 22.5. The summed E-state index contributed by atoms with van der Waals surface area (Å²) in [6, 6.07) is 24.5. The molecule has 1 amide bonds. The van der Waals surface area contributed by atoms with Gasteiger partial charge >= 0.3 is 0 Å². The molecule has 0 spiro atoms. The Bertz CT molecular complexity index is 1390. The summed E-state index contributed by atoms with van der Waals surface area (Å²) in [6.07, 6.45) is 1.99. The Morgan fingerprint density at radius 2 is 1.89 bits per heavy atom. The first-order valence-electron chi connectivity index (χ1n) is 11.8. The van der Waals surface area contributed by atoms with Gasteiger partial charge in [0.2, 0.25) is 5.91 Å². The van der Waals surface area contributed by atoms with E-state index < -0.39 is 0 Å². The van der Waals surface area contributed by atoms with E-state index >= 15 is 0 Å². The molecule has 9 heteroatoms. The first-order chi connectivity index (χ1) is 18.0. The highest BCUT2D eigenvalue weighted by Gasteiger charge is 2.41. The lowest BCUT2D eigenvalue weighted by molar-refractivity contribution is -0.116. The van der Waals surface area contributed by atoms with Crippen LogP contribution < -0.4 is 15.4 Å². The summed E-state index contributed by atoms with van der Waals surface area (Å²) < 4.78 is 12.7. The Morgan fingerprint density at radius 1 is 1.11 bits per heavy atom. The van der Waals surface area contributed by atoms with Gasteiger partial charge in [-0.05, 0) is 60.7 Å². The predicted octanol–water partition coefficient (Wildman–Crippen LogP) is 6.11. The third-order valence-corrected chi connectivity index (χ3v) is 7.09. The average Bonchev–Trinajstić information content (AvgIpc) is 3.53. The number of amides is 1. The van der Waals surface area contributed by atoms with E-state index in [9.17, 15) is 4.79 Å². The fourth-order valence-corrected chi connectivity index (χ4v) is 5.02. The van der Waals surface area contributed by atoms with Crippen molar-refractivity contribution in [3.63, 3.8) is 0 Å². The van der Waals surface area contributed by atoms with Gasteiger partial charge in [-0.2, -0.15) is 0 Å². The lowest BCUT2D eigenvalue weighted by atomic mass is 10.0. The van der Waals surface area contributed by atoms with Gasteiger partial charge in [-0.1, -0.05) is 46.3 Å². The molecule has 0 aliphatic carbocycles. The quantitative estimate of drug-likeness (QED) is 0.245. The fourth-order valence-electron chi connectivity index (χ4n) is 4.42. The zero-order chi connectivity index (χ0) is 25.8. The Kier molecular flexibility index (Phi) is 7.52. The van der Waals surface area contributed by atoms with Gasteiger partial charge in [0.25, 0.3) is 0 Å². The molecule has 0 radical (unpaired) electrons. The lowest BCUT2D eigenvalue weighted by Crippen LogP contribution is -2.32. The molecule has 3 heterocycles. The van der Waals surface area contributed by atoms with Gasteiger partial charge in [-0.3, -0.25) is 9.78 Å². The number of aromatic nitrogens is 1. The molecule has 0 saturated carbocycles. The molecule has 37 heavy (non-hydrogen) atoms. The number of methoxy groups -OCH3 is 1. The van der Waals surface area contributed by atoms with Crippen molar-refractivity contribution < 1.29 is 13.9 Å². The maximum absolute atomic E-state index is 12.9. The molecule has 7 nitrogen and oxygen atoms in total. The number of thiocarbonyl (C=S) groups is 1. The second kappa shape index (κ2) is 11.1. The molecule has 1 fully saturated rings. The molecule has 0 unspecified atom stereocenters. The first kappa shape index (κ1) is 25.0. The van der Waals surface area contributed by atoms with Crippen molar-refractivity contribution in [2.45, 2.75) is 18.5 Å². The van der Waals surface area contributed by atoms with Crippen molar-refractivity contribution in [1.82, 2.24) is 15.2 Å². The van der Waals surface area contributed by atoms with Gasteiger partial charge in [0.15, 0.2) is 5.11 Å². The van der Waals surface area contributed by atoms with Crippen LogP contribution in [0.2, 0.25) is 0 Å². The van der Waals surface area contributed by atoms with Crippen LogP contribution in [0.4, 0.5) is 5.69 Å². The number of hydrogen-bond acceptors (Lipinski definition) is 5. The summed E-state index contributed by atoms with van der Waals surface area (Å²) in [5, 5.41) is 6.88. The molecule has 2 N–H and O–H groups in total. The highest BCUT2D eigenvalue weighted by atomic mass is 79.9. The Morgan fingerprint density at radius 3 is 2.65 bits per heavy atom. The van der Waals surface area contributed by atoms with E-state index in [-0.39, 0.29) is 24.4 Å². The number of rotatable bonds is 8. The number of ether oxygens (including phenoxy) is 1. The number of para-hydroxylation sites is 2. The van der Waals surface area contributed by atoms with Crippen LogP contribution in [0.3, 0.4) is 0 Å². The third kappa shape index (κ3) is 5.52. The third-order valence-electron chi connectivity index (χ3n) is 6.21. The maximum atomic E-state index is 12.9. The number of nitrogens with one attached hydrogen (secondary N) is 2. The van der Waals surface area contributed by atoms with Crippen LogP contribution >= 0.6 is 28.1 Å². The van der Waals surface area contributed by atoms with Gasteiger partial charge in [-0.25, -0.2) is 0 Å². The van der Waals surface area contributed by atoms with Crippen LogP contribution in [-0.2, 0) is 4.79 Å². The lowest BCUT2D eigenvalue weighted by Gasteiger charge is -2.26. The second-order valence-electron chi connectivity index (χ2n) is 8.53. The largest absolute Gasteiger partial charge is 0.495 e. The summed E-state index contributed by atoms with van der Waals surface area (Å²) in [5.41, 5.74) is 2.45. The predicted molar refractivity (Wildman–Crippen MR) is 150 cm³/mol. The van der Waals surface area contributed by atoms with Crippen LogP contribution in [-0.4, -0.2) is 34.6 Å². The number of carbonyl (C=O) groups is 1. The number of nitrogens with zero attached hydrogens (tertiary/aromatic N) is 2. The number of carbonyl (C=O) groups excluding carboxylic acids is 1. The second-order valence-corrected chi connectivity index (χ2v) is 9.83. The van der Waals surface area contributed by atoms with Crippen molar-refractivity contribution >= 4 is 44.9 Å². The monoisotopic (exact) mass is 576 g/mol. The molecular weight excluding hydrogens is 552 g/mol. The van der Waals surface area contributed by atoms with E-state index in [1.165, 1.54) is 0 Å². The smallest absolute Gasteiger partial charge is 0.226 e. The van der Waals surface area contributed by atoms with E-state index in [2.05, 4.69) is 31.5 Å². The van der Waals surface area contributed by atoms with E-state index in [1.807, 2.05) is 83.8 Å². The van der Waals surface area contributed by atoms with Crippen molar-refractivity contribution in [3.05, 3.63) is 101 Å². The van der Waals surface area contributed by atoms with E-state index in [0.717, 1.165) is 27.3 Å². The number of halogens is 1. The van der Waals surface area contributed by atoms with E-state index in [1.54, 1.807) is 13.3 Å². The Labute approximate surface area is 229 Å². The van der Waals surface area contributed by atoms with Gasteiger partial charge in [-0.15, -0.1) is 0 Å². The van der Waals surface area contributed by atoms with Crippen LogP contribution in [0.1, 0.15) is 30.0 Å². The molecule has 2 aromatic heterocycles. The Hall–Kier alpha value is -3.69. The summed E-state index contributed by atoms with van der Waals surface area (Å²) in [4.78, 5) is 19.4. The molecule has 1 saturated heterocycles. The highest BCUT2D eigenvalue weighted by molar-refractivity contribution is 9.10. The van der Waals surface area contributed by atoms with Crippen LogP contribution in [0.5, 0.6) is 5.75 Å². The number of hydrogen-bond donors (Lipinski definition) is 2. The number of pyridine rings is 1. The SMILES string of the molecule is COc1ccccc1NC(=O)CCN1C(=S)N[C@@H](c2ccccn2)[C@H]1c1ccc(-c2ccc(Br)cc2)o1. The summed E-state index contributed by atoms with van der Waals surface area (Å²) in [7, 11) is 1.58. The number of furan rings is 1. The van der Waals surface area contributed by atoms with Crippen molar-refractivity contribution in [2.75, 3.05) is 19.0 Å². The van der Waals surface area contributed by atoms with Gasteiger partial charge in [0.1, 0.15) is 23.3 Å². The van der Waals surface area contributed by atoms with Crippen molar-refractivity contribution in [1.29, 1.82) is 0 Å². The normalized spacial score (nSPS) is 16.9. The van der Waals surface area contributed by atoms with Gasteiger partial charge in [0, 0.05) is 29.2 Å². The molecule has 2 aromatic carbocycles. The first-order valence-corrected chi connectivity index (χ1v) is 13.0. The topological polar surface area (TPSA) is 79.6 Å². The molecule has 1 aliphatic rings. The van der Waals surface area contributed by atoms with E-state index in [4.69, 9.17) is 21.4 Å². The fraction of sp³-hybridized carbons (Fsp3) is 0.179. The standard InChI is InChI=1S/C28H25BrN4O3S/c1-35-23-8-3-2-6-20(23)31-25(34)15-17-33-27(26(32-28(33)37)21-7-4-5-16-30-21)24-14-13-22(36-24)18-9-11-19(29)12-10-18/h2-14,16,26-27H,15,17H2,1H3,(H,31,34)(H,32,37)/t26-,27+/m0/s1. The molecular formula is C28H25BrN4O3S. The molecule has 4 aromatic rings. The minimum absolute atomic E-state index is 0.137.